The SMILES string of the molecule is Cn1nncc1CNCCc1ccc(F)cc1. The lowest BCUT2D eigenvalue weighted by Gasteiger charge is -2.04. The number of hydrogen-bond donors (Lipinski definition) is 1. The average molecular weight is 234 g/mol. The van der Waals surface area contributed by atoms with Crippen LogP contribution >= 0.6 is 0 Å². The quantitative estimate of drug-likeness (QED) is 0.793. The minimum Gasteiger partial charge on any atom is -0.311 e. The summed E-state index contributed by atoms with van der Waals surface area (Å²) in [6, 6.07) is 6.59. The Morgan fingerprint density at radius 3 is 2.71 bits per heavy atom. The fourth-order valence-electron chi connectivity index (χ4n) is 1.57. The molecule has 4 nitrogen and oxygen atoms in total. The van der Waals surface area contributed by atoms with Crippen LogP contribution in [-0.4, -0.2) is 21.5 Å². The molecular weight excluding hydrogens is 219 g/mol. The van der Waals surface area contributed by atoms with Crippen molar-refractivity contribution in [2.24, 2.45) is 7.05 Å². The normalized spacial score (nSPS) is 10.7. The van der Waals surface area contributed by atoms with E-state index in [1.165, 1.54) is 12.1 Å². The van der Waals surface area contributed by atoms with Gasteiger partial charge in [0.2, 0.25) is 0 Å². The van der Waals surface area contributed by atoms with E-state index in [4.69, 9.17) is 0 Å². The second-order valence-corrected chi connectivity index (χ2v) is 3.90. The van der Waals surface area contributed by atoms with Gasteiger partial charge in [0.15, 0.2) is 0 Å². The van der Waals surface area contributed by atoms with E-state index in [1.54, 1.807) is 10.9 Å². The molecule has 90 valence electrons. The highest BCUT2D eigenvalue weighted by atomic mass is 19.1. The minimum atomic E-state index is -0.192. The van der Waals surface area contributed by atoms with E-state index in [-0.39, 0.29) is 5.82 Å². The van der Waals surface area contributed by atoms with Crippen molar-refractivity contribution in [1.82, 2.24) is 20.3 Å². The van der Waals surface area contributed by atoms with Gasteiger partial charge in [0.25, 0.3) is 0 Å². The second kappa shape index (κ2) is 5.54. The van der Waals surface area contributed by atoms with Crippen LogP contribution in [0.15, 0.2) is 30.5 Å². The monoisotopic (exact) mass is 234 g/mol. The predicted octanol–water partition coefficient (Wildman–Crippen LogP) is 1.29. The molecule has 17 heavy (non-hydrogen) atoms. The second-order valence-electron chi connectivity index (χ2n) is 3.90. The van der Waals surface area contributed by atoms with Gasteiger partial charge in [0.05, 0.1) is 11.9 Å². The molecule has 0 amide bonds. The lowest BCUT2D eigenvalue weighted by Crippen LogP contribution is -2.18. The first kappa shape index (κ1) is 11.7. The third kappa shape index (κ3) is 3.35. The van der Waals surface area contributed by atoms with Crippen LogP contribution in [0.4, 0.5) is 4.39 Å². The average Bonchev–Trinajstić information content (AvgIpc) is 2.73. The van der Waals surface area contributed by atoms with Crippen LogP contribution in [0.1, 0.15) is 11.3 Å². The molecule has 0 atom stereocenters. The standard InChI is InChI=1S/C12H15FN4/c1-17-12(9-15-16-17)8-14-7-6-10-2-4-11(13)5-3-10/h2-5,9,14H,6-8H2,1H3. The largest absolute Gasteiger partial charge is 0.311 e. The Bertz CT molecular complexity index is 464. The Hall–Kier alpha value is -1.75. The van der Waals surface area contributed by atoms with Crippen LogP contribution in [0.2, 0.25) is 0 Å². The van der Waals surface area contributed by atoms with Gasteiger partial charge in [-0.25, -0.2) is 4.39 Å². The van der Waals surface area contributed by atoms with Gasteiger partial charge >= 0.3 is 0 Å². The van der Waals surface area contributed by atoms with Gasteiger partial charge in [-0.3, -0.25) is 4.68 Å². The van der Waals surface area contributed by atoms with E-state index >= 15 is 0 Å². The summed E-state index contributed by atoms with van der Waals surface area (Å²) < 4.78 is 14.4. The topological polar surface area (TPSA) is 42.7 Å². The molecule has 0 radical (unpaired) electrons. The van der Waals surface area contributed by atoms with Crippen LogP contribution in [0.25, 0.3) is 0 Å². The Balaban J connectivity index is 1.73. The zero-order chi connectivity index (χ0) is 12.1. The molecule has 0 aliphatic rings. The van der Waals surface area contributed by atoms with E-state index < -0.39 is 0 Å². The van der Waals surface area contributed by atoms with Crippen molar-refractivity contribution in [3.63, 3.8) is 0 Å². The predicted molar refractivity (Wildman–Crippen MR) is 62.8 cm³/mol. The van der Waals surface area contributed by atoms with Gasteiger partial charge in [-0.1, -0.05) is 17.3 Å². The number of rotatable bonds is 5. The lowest BCUT2D eigenvalue weighted by atomic mass is 10.1. The molecule has 2 aromatic rings. The van der Waals surface area contributed by atoms with Crippen molar-refractivity contribution in [3.8, 4) is 0 Å². The highest BCUT2D eigenvalue weighted by Crippen LogP contribution is 2.02. The van der Waals surface area contributed by atoms with E-state index in [9.17, 15) is 4.39 Å². The molecule has 1 aromatic heterocycles. The Morgan fingerprint density at radius 2 is 2.06 bits per heavy atom. The Kier molecular flexibility index (Phi) is 3.82. The summed E-state index contributed by atoms with van der Waals surface area (Å²) in [6.07, 6.45) is 2.62. The van der Waals surface area contributed by atoms with Crippen molar-refractivity contribution in [1.29, 1.82) is 0 Å². The molecule has 1 heterocycles. The zero-order valence-electron chi connectivity index (χ0n) is 9.73. The summed E-state index contributed by atoms with van der Waals surface area (Å²) in [6.45, 7) is 1.58. The number of nitrogens with zero attached hydrogens (tertiary/aromatic N) is 3. The van der Waals surface area contributed by atoms with Gasteiger partial charge in [-0.2, -0.15) is 0 Å². The molecule has 0 aliphatic carbocycles. The summed E-state index contributed by atoms with van der Waals surface area (Å²) in [5.74, 6) is -0.192. The molecule has 0 unspecified atom stereocenters. The first-order valence-corrected chi connectivity index (χ1v) is 5.54. The van der Waals surface area contributed by atoms with Crippen molar-refractivity contribution in [3.05, 3.63) is 47.5 Å². The van der Waals surface area contributed by atoms with Gasteiger partial charge in [0, 0.05) is 13.6 Å². The highest BCUT2D eigenvalue weighted by molar-refractivity contribution is 5.16. The molecule has 0 bridgehead atoms. The fourth-order valence-corrected chi connectivity index (χ4v) is 1.57. The number of aryl methyl sites for hydroxylation is 1. The van der Waals surface area contributed by atoms with Crippen LogP contribution in [0.3, 0.4) is 0 Å². The molecule has 0 spiro atoms. The maximum atomic E-state index is 12.7. The molecule has 0 saturated carbocycles. The van der Waals surface area contributed by atoms with Crippen LogP contribution in [0.5, 0.6) is 0 Å². The van der Waals surface area contributed by atoms with Crippen LogP contribution in [0, 0.1) is 5.82 Å². The summed E-state index contributed by atoms with van der Waals surface area (Å²) in [5.41, 5.74) is 2.17. The third-order valence-electron chi connectivity index (χ3n) is 2.62. The minimum absolute atomic E-state index is 0.192. The van der Waals surface area contributed by atoms with E-state index in [1.807, 2.05) is 19.2 Å². The number of halogens is 1. The Labute approximate surface area is 99.5 Å². The number of nitrogens with one attached hydrogen (secondary N) is 1. The number of hydrogen-bond acceptors (Lipinski definition) is 3. The van der Waals surface area contributed by atoms with E-state index in [2.05, 4.69) is 15.6 Å². The van der Waals surface area contributed by atoms with Gasteiger partial charge in [-0.15, -0.1) is 5.10 Å². The number of aromatic nitrogens is 3. The molecule has 0 aliphatic heterocycles. The molecule has 0 fully saturated rings. The molecule has 2 rings (SSSR count). The van der Waals surface area contributed by atoms with E-state index in [0.29, 0.717) is 0 Å². The van der Waals surface area contributed by atoms with Crippen molar-refractivity contribution < 1.29 is 4.39 Å². The first-order chi connectivity index (χ1) is 8.25. The summed E-state index contributed by atoms with van der Waals surface area (Å²) >= 11 is 0. The summed E-state index contributed by atoms with van der Waals surface area (Å²) in [4.78, 5) is 0. The van der Waals surface area contributed by atoms with Gasteiger partial charge in [0.1, 0.15) is 5.82 Å². The van der Waals surface area contributed by atoms with Crippen molar-refractivity contribution in [2.75, 3.05) is 6.54 Å². The van der Waals surface area contributed by atoms with E-state index in [0.717, 1.165) is 30.8 Å². The third-order valence-corrected chi connectivity index (χ3v) is 2.62. The molecule has 1 N–H and O–H groups in total. The molecule has 0 saturated heterocycles. The lowest BCUT2D eigenvalue weighted by molar-refractivity contribution is 0.614. The molecular formula is C12H15FN4. The van der Waals surface area contributed by atoms with Crippen LogP contribution < -0.4 is 5.32 Å². The summed E-state index contributed by atoms with van der Waals surface area (Å²) in [7, 11) is 1.87. The summed E-state index contributed by atoms with van der Waals surface area (Å²) in [5, 5.41) is 10.9. The maximum absolute atomic E-state index is 12.7. The van der Waals surface area contributed by atoms with Gasteiger partial charge in [-0.05, 0) is 30.7 Å². The maximum Gasteiger partial charge on any atom is 0.123 e. The van der Waals surface area contributed by atoms with Crippen molar-refractivity contribution >= 4 is 0 Å². The smallest absolute Gasteiger partial charge is 0.123 e. The van der Waals surface area contributed by atoms with Crippen LogP contribution in [-0.2, 0) is 20.0 Å². The zero-order valence-corrected chi connectivity index (χ0v) is 9.73. The Morgan fingerprint density at radius 1 is 1.29 bits per heavy atom. The first-order valence-electron chi connectivity index (χ1n) is 5.54. The molecule has 5 heteroatoms. The van der Waals surface area contributed by atoms with Crippen molar-refractivity contribution in [2.45, 2.75) is 13.0 Å². The highest BCUT2D eigenvalue weighted by Gasteiger charge is 1.99. The molecule has 1 aromatic carbocycles. The fraction of sp³-hybridized carbons (Fsp3) is 0.333. The van der Waals surface area contributed by atoms with Gasteiger partial charge < -0.3 is 5.32 Å². The number of benzene rings is 1.